The molecule has 0 atom stereocenters. The van der Waals surface area contributed by atoms with E-state index in [2.05, 4.69) is 10.6 Å². The lowest BCUT2D eigenvalue weighted by Gasteiger charge is -2.35. The van der Waals surface area contributed by atoms with Crippen molar-refractivity contribution in [2.75, 3.05) is 40.0 Å². The predicted octanol–water partition coefficient (Wildman–Crippen LogP) is 0.281. The molecule has 1 amide bonds. The molecule has 1 rings (SSSR count). The van der Waals surface area contributed by atoms with Gasteiger partial charge in [-0.15, -0.1) is 0 Å². The first kappa shape index (κ1) is 15.4. The number of aliphatic hydroxyl groups excluding tert-OH is 1. The third kappa shape index (κ3) is 5.33. The molecule has 0 heterocycles. The van der Waals surface area contributed by atoms with Gasteiger partial charge in [0.05, 0.1) is 19.8 Å². The van der Waals surface area contributed by atoms with Crippen molar-refractivity contribution in [1.82, 2.24) is 10.6 Å². The van der Waals surface area contributed by atoms with E-state index in [1.54, 1.807) is 7.11 Å². The molecule has 0 aliphatic heterocycles. The third-order valence-electron chi connectivity index (χ3n) is 3.68. The summed E-state index contributed by atoms with van der Waals surface area (Å²) >= 11 is 0. The van der Waals surface area contributed by atoms with E-state index in [4.69, 9.17) is 4.74 Å². The van der Waals surface area contributed by atoms with Crippen molar-refractivity contribution in [3.05, 3.63) is 0 Å². The van der Waals surface area contributed by atoms with Crippen molar-refractivity contribution in [3.8, 4) is 0 Å². The van der Waals surface area contributed by atoms with Crippen molar-refractivity contribution in [1.29, 1.82) is 0 Å². The fourth-order valence-corrected chi connectivity index (χ4v) is 2.42. The molecule has 1 aliphatic rings. The van der Waals surface area contributed by atoms with E-state index in [-0.39, 0.29) is 17.9 Å². The van der Waals surface area contributed by atoms with E-state index in [0.29, 0.717) is 26.2 Å². The zero-order valence-corrected chi connectivity index (χ0v) is 11.3. The fourth-order valence-electron chi connectivity index (χ4n) is 2.42. The number of hydrogen-bond acceptors (Lipinski definition) is 4. The van der Waals surface area contributed by atoms with Gasteiger partial charge >= 0.3 is 0 Å². The van der Waals surface area contributed by atoms with Crippen molar-refractivity contribution >= 4 is 5.91 Å². The summed E-state index contributed by atoms with van der Waals surface area (Å²) in [6.45, 7) is 2.35. The van der Waals surface area contributed by atoms with Crippen LogP contribution in [0.25, 0.3) is 0 Å². The Hall–Kier alpha value is -0.650. The highest BCUT2D eigenvalue weighted by molar-refractivity contribution is 5.78. The minimum Gasteiger partial charge on any atom is -0.396 e. The highest BCUT2D eigenvalue weighted by atomic mass is 16.5. The van der Waals surface area contributed by atoms with Crippen LogP contribution in [0.4, 0.5) is 0 Å². The average molecular weight is 258 g/mol. The Kier molecular flexibility index (Phi) is 7.23. The summed E-state index contributed by atoms with van der Waals surface area (Å²) in [5, 5.41) is 15.4. The fraction of sp³-hybridized carbons (Fsp3) is 0.923. The Morgan fingerprint density at radius 2 is 2.06 bits per heavy atom. The molecule has 0 unspecified atom stereocenters. The molecule has 0 aromatic carbocycles. The monoisotopic (exact) mass is 258 g/mol. The lowest BCUT2D eigenvalue weighted by molar-refractivity contribution is -0.121. The molecule has 0 radical (unpaired) electrons. The minimum absolute atomic E-state index is 0.00972. The van der Waals surface area contributed by atoms with Crippen LogP contribution in [-0.4, -0.2) is 51.0 Å². The van der Waals surface area contributed by atoms with Gasteiger partial charge in [0.25, 0.3) is 0 Å². The number of amides is 1. The first-order valence-corrected chi connectivity index (χ1v) is 6.80. The number of aliphatic hydroxyl groups is 1. The molecule has 3 N–H and O–H groups in total. The molecule has 1 fully saturated rings. The molecule has 106 valence electrons. The Labute approximate surface area is 109 Å². The Morgan fingerprint density at radius 1 is 1.33 bits per heavy atom. The van der Waals surface area contributed by atoms with E-state index in [0.717, 1.165) is 25.7 Å². The van der Waals surface area contributed by atoms with Gasteiger partial charge in [-0.25, -0.2) is 0 Å². The number of rotatable bonds is 8. The first-order chi connectivity index (χ1) is 8.72. The highest BCUT2D eigenvalue weighted by Gasteiger charge is 2.31. The standard InChI is InChI=1S/C13H26N2O3/c1-18-8-7-14-9-12(17)15-10-13(11-16)5-3-2-4-6-13/h14,16H,2-11H2,1H3,(H,15,17). The van der Waals surface area contributed by atoms with Crippen LogP contribution >= 0.6 is 0 Å². The number of carbonyl (C=O) groups is 1. The maximum atomic E-state index is 11.6. The van der Waals surface area contributed by atoms with Gasteiger partial charge in [0.2, 0.25) is 5.91 Å². The van der Waals surface area contributed by atoms with Gasteiger partial charge in [0.1, 0.15) is 0 Å². The molecule has 0 aromatic heterocycles. The lowest BCUT2D eigenvalue weighted by Crippen LogP contribution is -2.44. The summed E-state index contributed by atoms with van der Waals surface area (Å²) in [5.74, 6) is -0.00972. The van der Waals surface area contributed by atoms with Crippen LogP contribution in [0.15, 0.2) is 0 Å². The van der Waals surface area contributed by atoms with Crippen LogP contribution in [0, 0.1) is 5.41 Å². The molecular weight excluding hydrogens is 232 g/mol. The Balaban J connectivity index is 2.19. The van der Waals surface area contributed by atoms with E-state index in [1.165, 1.54) is 6.42 Å². The predicted molar refractivity (Wildman–Crippen MR) is 70.4 cm³/mol. The number of methoxy groups -OCH3 is 1. The molecule has 0 bridgehead atoms. The van der Waals surface area contributed by atoms with Crippen LogP contribution in [0.1, 0.15) is 32.1 Å². The SMILES string of the molecule is COCCNCC(=O)NCC1(CO)CCCCC1. The second kappa shape index (κ2) is 8.45. The van der Waals surface area contributed by atoms with E-state index in [1.807, 2.05) is 0 Å². The topological polar surface area (TPSA) is 70.6 Å². The van der Waals surface area contributed by atoms with E-state index in [9.17, 15) is 9.90 Å². The third-order valence-corrected chi connectivity index (χ3v) is 3.68. The number of ether oxygens (including phenoxy) is 1. The van der Waals surface area contributed by atoms with Gasteiger partial charge in [-0.3, -0.25) is 4.79 Å². The van der Waals surface area contributed by atoms with Crippen LogP contribution in [-0.2, 0) is 9.53 Å². The van der Waals surface area contributed by atoms with Crippen LogP contribution in [0.5, 0.6) is 0 Å². The highest BCUT2D eigenvalue weighted by Crippen LogP contribution is 2.35. The normalized spacial score (nSPS) is 18.6. The smallest absolute Gasteiger partial charge is 0.233 e. The van der Waals surface area contributed by atoms with Gasteiger partial charge in [0, 0.05) is 25.6 Å². The summed E-state index contributed by atoms with van der Waals surface area (Å²) < 4.78 is 4.88. The maximum Gasteiger partial charge on any atom is 0.233 e. The molecule has 5 heteroatoms. The zero-order chi connectivity index (χ0) is 13.3. The molecule has 1 saturated carbocycles. The van der Waals surface area contributed by atoms with Crippen molar-refractivity contribution < 1.29 is 14.6 Å². The van der Waals surface area contributed by atoms with E-state index < -0.39 is 0 Å². The molecular formula is C13H26N2O3. The minimum atomic E-state index is -0.0829. The van der Waals surface area contributed by atoms with Crippen LogP contribution in [0.3, 0.4) is 0 Å². The average Bonchev–Trinajstić information content (AvgIpc) is 2.42. The van der Waals surface area contributed by atoms with Gasteiger partial charge in [-0.2, -0.15) is 0 Å². The lowest BCUT2D eigenvalue weighted by atomic mass is 9.74. The van der Waals surface area contributed by atoms with Crippen LogP contribution < -0.4 is 10.6 Å². The molecule has 18 heavy (non-hydrogen) atoms. The quantitative estimate of drug-likeness (QED) is 0.547. The number of hydrogen-bond donors (Lipinski definition) is 3. The summed E-state index contributed by atoms with van der Waals surface area (Å²) in [6, 6.07) is 0. The summed E-state index contributed by atoms with van der Waals surface area (Å²) in [7, 11) is 1.63. The molecule has 0 spiro atoms. The molecule has 1 aliphatic carbocycles. The largest absolute Gasteiger partial charge is 0.396 e. The summed E-state index contributed by atoms with van der Waals surface area (Å²) in [4.78, 5) is 11.6. The molecule has 0 saturated heterocycles. The second-order valence-corrected chi connectivity index (χ2v) is 5.17. The second-order valence-electron chi connectivity index (χ2n) is 5.17. The van der Waals surface area contributed by atoms with Gasteiger partial charge in [-0.1, -0.05) is 19.3 Å². The van der Waals surface area contributed by atoms with Gasteiger partial charge in [-0.05, 0) is 12.8 Å². The zero-order valence-electron chi connectivity index (χ0n) is 11.3. The van der Waals surface area contributed by atoms with Gasteiger partial charge in [0.15, 0.2) is 0 Å². The Morgan fingerprint density at radius 3 is 2.67 bits per heavy atom. The molecule has 5 nitrogen and oxygen atoms in total. The van der Waals surface area contributed by atoms with Gasteiger partial charge < -0.3 is 20.5 Å². The number of nitrogens with one attached hydrogen (secondary N) is 2. The van der Waals surface area contributed by atoms with Crippen molar-refractivity contribution in [2.45, 2.75) is 32.1 Å². The van der Waals surface area contributed by atoms with Crippen LogP contribution in [0.2, 0.25) is 0 Å². The Bertz CT molecular complexity index is 240. The van der Waals surface area contributed by atoms with Crippen molar-refractivity contribution in [3.63, 3.8) is 0 Å². The van der Waals surface area contributed by atoms with Crippen molar-refractivity contribution in [2.24, 2.45) is 5.41 Å². The van der Waals surface area contributed by atoms with E-state index >= 15 is 0 Å². The number of carbonyl (C=O) groups excluding carboxylic acids is 1. The summed E-state index contributed by atoms with van der Waals surface area (Å²) in [5.41, 5.74) is -0.0829. The first-order valence-electron chi connectivity index (χ1n) is 6.80. The molecule has 0 aromatic rings. The maximum absolute atomic E-state index is 11.6. The summed E-state index contributed by atoms with van der Waals surface area (Å²) in [6.07, 6.45) is 5.58.